The van der Waals surface area contributed by atoms with E-state index in [1.54, 1.807) is 0 Å². The van der Waals surface area contributed by atoms with E-state index in [-0.39, 0.29) is 12.1 Å². The number of nitrogens with one attached hydrogen (secondary N) is 2. The maximum Gasteiger partial charge on any atom is 0.319 e. The Bertz CT molecular complexity index is 871. The highest BCUT2D eigenvalue weighted by Gasteiger charge is 2.28. The molecule has 1 aromatic heterocycles. The zero-order valence-corrected chi connectivity index (χ0v) is 14.7. The Balaban J connectivity index is 1.37. The normalized spacial score (nSPS) is 16.8. The van der Waals surface area contributed by atoms with Gasteiger partial charge >= 0.3 is 6.03 Å². The van der Waals surface area contributed by atoms with Crippen LogP contribution in [0.25, 0.3) is 11.1 Å². The average Bonchev–Trinajstić information content (AvgIpc) is 3.28. The van der Waals surface area contributed by atoms with Crippen molar-refractivity contribution in [1.82, 2.24) is 10.3 Å². The first-order valence-corrected chi connectivity index (χ1v) is 8.93. The van der Waals surface area contributed by atoms with Crippen molar-refractivity contribution < 1.29 is 9.21 Å². The van der Waals surface area contributed by atoms with Gasteiger partial charge in [-0.1, -0.05) is 29.8 Å². The number of carbonyl (C=O) groups is 1. The number of hydrogen-bond donors (Lipinski definition) is 2. The predicted octanol–water partition coefficient (Wildman–Crippen LogP) is 3.93. The van der Waals surface area contributed by atoms with Crippen LogP contribution in [0.15, 0.2) is 52.9 Å². The molecule has 0 aliphatic carbocycles. The van der Waals surface area contributed by atoms with Gasteiger partial charge in [0.2, 0.25) is 0 Å². The van der Waals surface area contributed by atoms with Gasteiger partial charge in [-0.3, -0.25) is 0 Å². The average molecular weight is 350 g/mol. The lowest BCUT2D eigenvalue weighted by Gasteiger charge is -2.23. The largest absolute Gasteiger partial charge is 0.423 e. The molecule has 0 bridgehead atoms. The summed E-state index contributed by atoms with van der Waals surface area (Å²) >= 11 is 0. The van der Waals surface area contributed by atoms with Crippen LogP contribution in [0.4, 0.5) is 16.5 Å². The Morgan fingerprint density at radius 3 is 2.85 bits per heavy atom. The molecule has 2 amide bonds. The van der Waals surface area contributed by atoms with Gasteiger partial charge in [0, 0.05) is 18.8 Å². The van der Waals surface area contributed by atoms with E-state index in [9.17, 15) is 4.79 Å². The molecule has 2 heterocycles. The zero-order chi connectivity index (χ0) is 17.9. The first-order chi connectivity index (χ1) is 12.7. The molecule has 6 nitrogen and oxygen atoms in total. The second-order valence-electron chi connectivity index (χ2n) is 6.65. The number of rotatable bonds is 4. The van der Waals surface area contributed by atoms with Crippen LogP contribution in [-0.2, 0) is 0 Å². The molecule has 1 aliphatic rings. The fraction of sp³-hybridized carbons (Fsp3) is 0.300. The van der Waals surface area contributed by atoms with Gasteiger partial charge in [-0.15, -0.1) is 0 Å². The van der Waals surface area contributed by atoms with Crippen LogP contribution in [-0.4, -0.2) is 30.1 Å². The van der Waals surface area contributed by atoms with E-state index in [0.717, 1.165) is 41.7 Å². The Kier molecular flexibility index (Phi) is 4.48. The van der Waals surface area contributed by atoms with E-state index in [1.807, 2.05) is 55.5 Å². The third kappa shape index (κ3) is 3.49. The van der Waals surface area contributed by atoms with Crippen LogP contribution >= 0.6 is 0 Å². The van der Waals surface area contributed by atoms with Crippen LogP contribution < -0.4 is 15.5 Å². The smallest absolute Gasteiger partial charge is 0.319 e. The van der Waals surface area contributed by atoms with Crippen LogP contribution in [0.5, 0.6) is 0 Å². The number of amides is 2. The second-order valence-corrected chi connectivity index (χ2v) is 6.65. The summed E-state index contributed by atoms with van der Waals surface area (Å²) in [6.07, 6.45) is 2.06. The van der Waals surface area contributed by atoms with Gasteiger partial charge in [0.05, 0.1) is 6.04 Å². The first kappa shape index (κ1) is 16.4. The summed E-state index contributed by atoms with van der Waals surface area (Å²) in [6, 6.07) is 16.1. The van der Waals surface area contributed by atoms with Crippen molar-refractivity contribution in [2.45, 2.75) is 25.8 Å². The van der Waals surface area contributed by atoms with Crippen molar-refractivity contribution in [2.24, 2.45) is 0 Å². The number of benzene rings is 2. The standard InChI is InChI=1S/C20H22N4O2/c1-14-8-10-15(11-9-14)22-19(25)21-13-16-5-4-12-24(16)20-23-17-6-2-3-7-18(17)26-20/h2-3,6-11,16H,4-5,12-13H2,1H3,(H2,21,22,25). The van der Waals surface area contributed by atoms with Crippen LogP contribution in [0, 0.1) is 6.92 Å². The van der Waals surface area contributed by atoms with Crippen LogP contribution in [0.1, 0.15) is 18.4 Å². The lowest BCUT2D eigenvalue weighted by molar-refractivity contribution is 0.251. The van der Waals surface area contributed by atoms with Gasteiger partial charge in [0.15, 0.2) is 5.58 Å². The van der Waals surface area contributed by atoms with Crippen molar-refractivity contribution in [3.63, 3.8) is 0 Å². The minimum atomic E-state index is -0.196. The third-order valence-electron chi connectivity index (χ3n) is 4.71. The molecule has 0 spiro atoms. The molecule has 2 N–H and O–H groups in total. The van der Waals surface area contributed by atoms with Gasteiger partial charge in [-0.2, -0.15) is 4.98 Å². The molecule has 6 heteroatoms. The summed E-state index contributed by atoms with van der Waals surface area (Å²) in [5.74, 6) is 0. The summed E-state index contributed by atoms with van der Waals surface area (Å²) in [6.45, 7) is 3.46. The number of nitrogens with zero attached hydrogens (tertiary/aromatic N) is 2. The Morgan fingerprint density at radius 2 is 2.04 bits per heavy atom. The topological polar surface area (TPSA) is 70.4 Å². The monoisotopic (exact) mass is 350 g/mol. The molecule has 1 atom stereocenters. The second kappa shape index (κ2) is 7.07. The van der Waals surface area contributed by atoms with Gasteiger partial charge in [-0.05, 0) is 44.0 Å². The highest BCUT2D eigenvalue weighted by atomic mass is 16.4. The number of anilines is 2. The Labute approximate surface area is 152 Å². The molecule has 3 aromatic rings. The lowest BCUT2D eigenvalue weighted by atomic mass is 10.2. The summed E-state index contributed by atoms with van der Waals surface area (Å²) in [5, 5.41) is 5.82. The SMILES string of the molecule is Cc1ccc(NC(=O)NCC2CCCN2c2nc3ccccc3o2)cc1. The minimum Gasteiger partial charge on any atom is -0.423 e. The number of aryl methyl sites for hydroxylation is 1. The van der Waals surface area contributed by atoms with E-state index in [2.05, 4.69) is 20.5 Å². The summed E-state index contributed by atoms with van der Waals surface area (Å²) in [7, 11) is 0. The maximum atomic E-state index is 12.2. The molecule has 0 radical (unpaired) electrons. The van der Waals surface area contributed by atoms with Crippen molar-refractivity contribution >= 4 is 28.8 Å². The van der Waals surface area contributed by atoms with Gasteiger partial charge in [-0.25, -0.2) is 4.79 Å². The first-order valence-electron chi connectivity index (χ1n) is 8.93. The van der Waals surface area contributed by atoms with Crippen molar-refractivity contribution in [3.8, 4) is 0 Å². The molecule has 1 unspecified atom stereocenters. The molecule has 4 rings (SSSR count). The molecule has 1 aliphatic heterocycles. The lowest BCUT2D eigenvalue weighted by Crippen LogP contribution is -2.41. The molecule has 134 valence electrons. The van der Waals surface area contributed by atoms with Gasteiger partial charge < -0.3 is 20.0 Å². The molecule has 26 heavy (non-hydrogen) atoms. The number of carbonyl (C=O) groups excluding carboxylic acids is 1. The summed E-state index contributed by atoms with van der Waals surface area (Å²) in [4.78, 5) is 18.9. The molecule has 1 saturated heterocycles. The molecule has 1 fully saturated rings. The molecule has 2 aromatic carbocycles. The molecular weight excluding hydrogens is 328 g/mol. The van der Waals surface area contributed by atoms with Crippen molar-refractivity contribution in [1.29, 1.82) is 0 Å². The fourth-order valence-electron chi connectivity index (χ4n) is 3.31. The quantitative estimate of drug-likeness (QED) is 0.748. The number of para-hydroxylation sites is 2. The Hall–Kier alpha value is -3.02. The van der Waals surface area contributed by atoms with Crippen LogP contribution in [0.3, 0.4) is 0 Å². The zero-order valence-electron chi connectivity index (χ0n) is 14.7. The fourth-order valence-corrected chi connectivity index (χ4v) is 3.31. The van der Waals surface area contributed by atoms with E-state index in [0.29, 0.717) is 12.6 Å². The minimum absolute atomic E-state index is 0.187. The molecular formula is C20H22N4O2. The van der Waals surface area contributed by atoms with Gasteiger partial charge in [0.1, 0.15) is 5.52 Å². The van der Waals surface area contributed by atoms with E-state index in [4.69, 9.17) is 4.42 Å². The number of urea groups is 1. The number of hydrogen-bond acceptors (Lipinski definition) is 4. The predicted molar refractivity (Wildman–Crippen MR) is 103 cm³/mol. The van der Waals surface area contributed by atoms with E-state index in [1.165, 1.54) is 0 Å². The number of aromatic nitrogens is 1. The summed E-state index contributed by atoms with van der Waals surface area (Å²) < 4.78 is 5.88. The highest BCUT2D eigenvalue weighted by molar-refractivity contribution is 5.89. The number of fused-ring (bicyclic) bond motifs is 1. The van der Waals surface area contributed by atoms with E-state index >= 15 is 0 Å². The Morgan fingerprint density at radius 1 is 1.23 bits per heavy atom. The van der Waals surface area contributed by atoms with Crippen molar-refractivity contribution in [3.05, 3.63) is 54.1 Å². The third-order valence-corrected chi connectivity index (χ3v) is 4.71. The summed E-state index contributed by atoms with van der Waals surface area (Å²) in [5.41, 5.74) is 3.60. The molecule has 0 saturated carbocycles. The number of oxazole rings is 1. The van der Waals surface area contributed by atoms with Crippen molar-refractivity contribution in [2.75, 3.05) is 23.3 Å². The van der Waals surface area contributed by atoms with E-state index < -0.39 is 0 Å². The van der Waals surface area contributed by atoms with Crippen LogP contribution in [0.2, 0.25) is 0 Å². The highest BCUT2D eigenvalue weighted by Crippen LogP contribution is 2.28. The maximum absolute atomic E-state index is 12.2. The van der Waals surface area contributed by atoms with Gasteiger partial charge in [0.25, 0.3) is 6.01 Å².